The van der Waals surface area contributed by atoms with Crippen molar-refractivity contribution in [1.29, 1.82) is 0 Å². The van der Waals surface area contributed by atoms with Crippen LogP contribution in [0.1, 0.15) is 32.4 Å². The highest BCUT2D eigenvalue weighted by Crippen LogP contribution is 2.34. The summed E-state index contributed by atoms with van der Waals surface area (Å²) in [4.78, 5) is 2.37. The predicted molar refractivity (Wildman–Crippen MR) is 86.0 cm³/mol. The average Bonchev–Trinajstić information content (AvgIpc) is 2.40. The molecule has 3 nitrogen and oxygen atoms in total. The number of nitrogens with zero attached hydrogens (tertiary/aromatic N) is 1. The Labute approximate surface area is 124 Å². The third-order valence-electron chi connectivity index (χ3n) is 4.02. The standard InChI is InChI=1S/C17H30N2O/c1-14(12-20-6)19(5)13-17(2,3)16(18-4)15-10-8-7-9-11-15/h7-11,14,16,18H,12-13H2,1-6H3. The van der Waals surface area contributed by atoms with Gasteiger partial charge in [0, 0.05) is 25.7 Å². The number of hydrogen-bond acceptors (Lipinski definition) is 3. The normalized spacial score (nSPS) is 15.3. The number of nitrogens with one attached hydrogen (secondary N) is 1. The maximum Gasteiger partial charge on any atom is 0.0615 e. The molecule has 3 heteroatoms. The molecule has 0 radical (unpaired) electrons. The Morgan fingerprint density at radius 3 is 2.35 bits per heavy atom. The van der Waals surface area contributed by atoms with Crippen molar-refractivity contribution >= 4 is 0 Å². The van der Waals surface area contributed by atoms with E-state index >= 15 is 0 Å². The molecule has 0 bridgehead atoms. The lowest BCUT2D eigenvalue weighted by atomic mass is 9.80. The molecule has 2 atom stereocenters. The van der Waals surface area contributed by atoms with Crippen molar-refractivity contribution in [1.82, 2.24) is 10.2 Å². The van der Waals surface area contributed by atoms with Crippen molar-refractivity contribution in [2.75, 3.05) is 34.4 Å². The van der Waals surface area contributed by atoms with Crippen LogP contribution in [-0.2, 0) is 4.74 Å². The van der Waals surface area contributed by atoms with Crippen LogP contribution in [0.25, 0.3) is 0 Å². The Hall–Kier alpha value is -0.900. The number of rotatable bonds is 8. The molecule has 0 aromatic heterocycles. The summed E-state index contributed by atoms with van der Waals surface area (Å²) in [5.41, 5.74) is 1.47. The Bertz CT molecular complexity index is 378. The molecule has 0 amide bonds. The number of methoxy groups -OCH3 is 1. The van der Waals surface area contributed by atoms with Crippen LogP contribution in [0.15, 0.2) is 30.3 Å². The fraction of sp³-hybridized carbons (Fsp3) is 0.647. The maximum atomic E-state index is 5.25. The van der Waals surface area contributed by atoms with E-state index in [1.165, 1.54) is 5.56 Å². The minimum atomic E-state index is 0.132. The van der Waals surface area contributed by atoms with Crippen molar-refractivity contribution in [3.8, 4) is 0 Å². The molecule has 1 aromatic carbocycles. The monoisotopic (exact) mass is 278 g/mol. The Kier molecular flexibility index (Phi) is 6.66. The highest BCUT2D eigenvalue weighted by molar-refractivity contribution is 5.21. The van der Waals surface area contributed by atoms with E-state index in [9.17, 15) is 0 Å². The maximum absolute atomic E-state index is 5.25. The topological polar surface area (TPSA) is 24.5 Å². The van der Waals surface area contributed by atoms with Gasteiger partial charge in [0.2, 0.25) is 0 Å². The summed E-state index contributed by atoms with van der Waals surface area (Å²) >= 11 is 0. The second kappa shape index (κ2) is 7.77. The second-order valence-corrected chi connectivity index (χ2v) is 6.34. The SMILES string of the molecule is CNC(c1ccccc1)C(C)(C)CN(C)C(C)COC. The third kappa shape index (κ3) is 4.58. The summed E-state index contributed by atoms with van der Waals surface area (Å²) in [7, 11) is 5.97. The average molecular weight is 278 g/mol. The fourth-order valence-corrected chi connectivity index (χ4v) is 2.91. The van der Waals surface area contributed by atoms with Gasteiger partial charge in [0.15, 0.2) is 0 Å². The zero-order chi connectivity index (χ0) is 15.2. The summed E-state index contributed by atoms with van der Waals surface area (Å²) < 4.78 is 5.25. The molecule has 0 saturated heterocycles. The van der Waals surface area contributed by atoms with Crippen LogP contribution in [0.3, 0.4) is 0 Å². The lowest BCUT2D eigenvalue weighted by Crippen LogP contribution is -2.44. The molecule has 0 aliphatic carbocycles. The summed E-state index contributed by atoms with van der Waals surface area (Å²) in [6.07, 6.45) is 0. The lowest BCUT2D eigenvalue weighted by Gasteiger charge is -2.39. The largest absolute Gasteiger partial charge is 0.383 e. The Morgan fingerprint density at radius 1 is 1.25 bits per heavy atom. The molecule has 1 aromatic rings. The molecule has 0 aliphatic heterocycles. The van der Waals surface area contributed by atoms with Crippen molar-refractivity contribution in [3.63, 3.8) is 0 Å². The van der Waals surface area contributed by atoms with Crippen LogP contribution in [0.4, 0.5) is 0 Å². The molecule has 0 fully saturated rings. The quantitative estimate of drug-likeness (QED) is 0.791. The number of hydrogen-bond donors (Lipinski definition) is 1. The van der Waals surface area contributed by atoms with Gasteiger partial charge in [0.1, 0.15) is 0 Å². The summed E-state index contributed by atoms with van der Waals surface area (Å²) in [5.74, 6) is 0. The zero-order valence-corrected chi connectivity index (χ0v) is 13.8. The first-order valence-corrected chi connectivity index (χ1v) is 7.33. The highest BCUT2D eigenvalue weighted by Gasteiger charge is 2.31. The summed E-state index contributed by atoms with van der Waals surface area (Å²) in [5, 5.41) is 3.48. The van der Waals surface area contributed by atoms with E-state index in [1.54, 1.807) is 7.11 Å². The van der Waals surface area contributed by atoms with Crippen LogP contribution in [0, 0.1) is 5.41 Å². The summed E-state index contributed by atoms with van der Waals surface area (Å²) in [6.45, 7) is 8.62. The molecule has 0 saturated carbocycles. The van der Waals surface area contributed by atoms with E-state index in [0.717, 1.165) is 13.2 Å². The molecule has 2 unspecified atom stereocenters. The van der Waals surface area contributed by atoms with Gasteiger partial charge in [-0.15, -0.1) is 0 Å². The van der Waals surface area contributed by atoms with Gasteiger partial charge in [0.25, 0.3) is 0 Å². The molecule has 0 heterocycles. The molecule has 1 N–H and O–H groups in total. The lowest BCUT2D eigenvalue weighted by molar-refractivity contribution is 0.0781. The van der Waals surface area contributed by atoms with Gasteiger partial charge in [-0.25, -0.2) is 0 Å². The van der Waals surface area contributed by atoms with E-state index < -0.39 is 0 Å². The van der Waals surface area contributed by atoms with Gasteiger partial charge in [-0.2, -0.15) is 0 Å². The van der Waals surface area contributed by atoms with Crippen LogP contribution in [0.5, 0.6) is 0 Å². The van der Waals surface area contributed by atoms with E-state index in [1.807, 2.05) is 7.05 Å². The van der Waals surface area contributed by atoms with Crippen molar-refractivity contribution in [3.05, 3.63) is 35.9 Å². The van der Waals surface area contributed by atoms with E-state index in [0.29, 0.717) is 12.1 Å². The molecular weight excluding hydrogens is 248 g/mol. The van der Waals surface area contributed by atoms with E-state index in [-0.39, 0.29) is 5.41 Å². The van der Waals surface area contributed by atoms with E-state index in [2.05, 4.69) is 68.4 Å². The van der Waals surface area contributed by atoms with Gasteiger partial charge in [-0.1, -0.05) is 44.2 Å². The molecule has 1 rings (SSSR count). The molecular formula is C17H30N2O. The second-order valence-electron chi connectivity index (χ2n) is 6.34. The number of benzene rings is 1. The third-order valence-corrected chi connectivity index (χ3v) is 4.02. The highest BCUT2D eigenvalue weighted by atomic mass is 16.5. The number of ether oxygens (including phenoxy) is 1. The van der Waals surface area contributed by atoms with Gasteiger partial charge in [-0.3, -0.25) is 0 Å². The van der Waals surface area contributed by atoms with Crippen LogP contribution in [0.2, 0.25) is 0 Å². The van der Waals surface area contributed by atoms with Crippen LogP contribution >= 0.6 is 0 Å². The van der Waals surface area contributed by atoms with Crippen LogP contribution in [-0.4, -0.2) is 45.3 Å². The first-order chi connectivity index (χ1) is 9.42. The molecule has 114 valence electrons. The zero-order valence-electron chi connectivity index (χ0n) is 13.8. The van der Waals surface area contributed by atoms with E-state index in [4.69, 9.17) is 4.74 Å². The fourth-order valence-electron chi connectivity index (χ4n) is 2.91. The Balaban J connectivity index is 2.79. The summed E-state index contributed by atoms with van der Waals surface area (Å²) in [6, 6.07) is 11.4. The van der Waals surface area contributed by atoms with Crippen molar-refractivity contribution in [2.24, 2.45) is 5.41 Å². The van der Waals surface area contributed by atoms with Gasteiger partial charge in [0.05, 0.1) is 6.61 Å². The first kappa shape index (κ1) is 17.2. The van der Waals surface area contributed by atoms with Crippen molar-refractivity contribution in [2.45, 2.75) is 32.9 Å². The van der Waals surface area contributed by atoms with Gasteiger partial charge >= 0.3 is 0 Å². The molecule has 0 spiro atoms. The first-order valence-electron chi connectivity index (χ1n) is 7.33. The predicted octanol–water partition coefficient (Wildman–Crippen LogP) is 2.94. The van der Waals surface area contributed by atoms with Gasteiger partial charge in [-0.05, 0) is 32.0 Å². The van der Waals surface area contributed by atoms with Gasteiger partial charge < -0.3 is 15.0 Å². The minimum Gasteiger partial charge on any atom is -0.383 e. The number of likely N-dealkylation sites (N-methyl/N-ethyl adjacent to an activating group) is 1. The van der Waals surface area contributed by atoms with Crippen LogP contribution < -0.4 is 5.32 Å². The molecule has 20 heavy (non-hydrogen) atoms. The Morgan fingerprint density at radius 2 is 1.85 bits per heavy atom. The smallest absolute Gasteiger partial charge is 0.0615 e. The molecule has 0 aliphatic rings. The van der Waals surface area contributed by atoms with Crippen molar-refractivity contribution < 1.29 is 4.74 Å². The minimum absolute atomic E-state index is 0.132.